The summed E-state index contributed by atoms with van der Waals surface area (Å²) in [5.74, 6) is 0.168. The minimum Gasteiger partial charge on any atom is -0.410 e. The SMILES string of the molecule is CC(C)c1nc2c(c(C3CCCC3)c1C(F)c1ccc(C(F)(F)F)cc1)[C@@H](O[Si](C)(C)C(C)(C)C)CC(C)(C)C2. The van der Waals surface area contributed by atoms with E-state index in [9.17, 15) is 13.2 Å². The minimum atomic E-state index is -4.46. The minimum absolute atomic E-state index is 0.0132. The molecule has 2 aromatic rings. The van der Waals surface area contributed by atoms with E-state index < -0.39 is 26.2 Å². The Balaban J connectivity index is 1.97. The normalized spacial score (nSPS) is 21.1. The highest BCUT2D eigenvalue weighted by atomic mass is 28.4. The van der Waals surface area contributed by atoms with Crippen molar-refractivity contribution in [1.82, 2.24) is 4.98 Å². The van der Waals surface area contributed by atoms with Crippen molar-refractivity contribution in [2.24, 2.45) is 5.41 Å². The summed E-state index contributed by atoms with van der Waals surface area (Å²) >= 11 is 0. The van der Waals surface area contributed by atoms with Crippen LogP contribution in [0.2, 0.25) is 18.1 Å². The lowest BCUT2D eigenvalue weighted by Gasteiger charge is -2.45. The number of pyridine rings is 1. The van der Waals surface area contributed by atoms with Crippen LogP contribution in [0.5, 0.6) is 0 Å². The lowest BCUT2D eigenvalue weighted by Crippen LogP contribution is -2.44. The average molecular weight is 578 g/mol. The van der Waals surface area contributed by atoms with E-state index in [4.69, 9.17) is 9.41 Å². The number of benzene rings is 1. The molecule has 0 radical (unpaired) electrons. The van der Waals surface area contributed by atoms with Gasteiger partial charge in [-0.25, -0.2) is 4.39 Å². The van der Waals surface area contributed by atoms with Crippen molar-refractivity contribution in [2.45, 2.75) is 135 Å². The van der Waals surface area contributed by atoms with E-state index >= 15 is 4.39 Å². The molecule has 2 nitrogen and oxygen atoms in total. The van der Waals surface area contributed by atoms with Crippen molar-refractivity contribution in [3.05, 3.63) is 63.5 Å². The first-order valence-electron chi connectivity index (χ1n) is 14.9. The molecule has 2 aliphatic carbocycles. The van der Waals surface area contributed by atoms with E-state index in [0.717, 1.165) is 73.2 Å². The van der Waals surface area contributed by atoms with E-state index in [1.807, 2.05) is 13.8 Å². The predicted octanol–water partition coefficient (Wildman–Crippen LogP) is 11.0. The molecule has 7 heteroatoms. The van der Waals surface area contributed by atoms with Crippen LogP contribution < -0.4 is 0 Å². The zero-order valence-electron chi connectivity index (χ0n) is 25.7. The average Bonchev–Trinajstić information content (AvgIpc) is 3.35. The van der Waals surface area contributed by atoms with Gasteiger partial charge in [0.15, 0.2) is 14.5 Å². The first-order chi connectivity index (χ1) is 18.3. The van der Waals surface area contributed by atoms with Gasteiger partial charge in [-0.15, -0.1) is 0 Å². The van der Waals surface area contributed by atoms with Crippen molar-refractivity contribution < 1.29 is 22.0 Å². The molecule has 1 unspecified atom stereocenters. The summed E-state index contributed by atoms with van der Waals surface area (Å²) in [6.45, 7) is 19.8. The molecule has 0 aliphatic heterocycles. The molecule has 2 aliphatic rings. The lowest BCUT2D eigenvalue weighted by atomic mass is 9.70. The van der Waals surface area contributed by atoms with Crippen LogP contribution >= 0.6 is 0 Å². The summed E-state index contributed by atoms with van der Waals surface area (Å²) in [6.07, 6.45) is -0.407. The number of nitrogens with zero attached hydrogens (tertiary/aromatic N) is 1. The van der Waals surface area contributed by atoms with Crippen LogP contribution in [-0.4, -0.2) is 13.3 Å². The molecule has 0 saturated heterocycles. The molecule has 1 aromatic heterocycles. The summed E-state index contributed by atoms with van der Waals surface area (Å²) in [6, 6.07) is 4.57. The Labute approximate surface area is 239 Å². The molecule has 1 saturated carbocycles. The maximum absolute atomic E-state index is 16.9. The van der Waals surface area contributed by atoms with Crippen molar-refractivity contribution in [1.29, 1.82) is 0 Å². The molecule has 1 fully saturated rings. The molecule has 40 heavy (non-hydrogen) atoms. The summed E-state index contributed by atoms with van der Waals surface area (Å²) in [5.41, 5.74) is 3.90. The maximum Gasteiger partial charge on any atom is 0.416 e. The van der Waals surface area contributed by atoms with Gasteiger partial charge in [-0.3, -0.25) is 4.98 Å². The Kier molecular flexibility index (Phi) is 8.45. The fourth-order valence-corrected chi connectivity index (χ4v) is 7.60. The van der Waals surface area contributed by atoms with E-state index in [-0.39, 0.29) is 34.0 Å². The highest BCUT2D eigenvalue weighted by Crippen LogP contribution is 2.53. The van der Waals surface area contributed by atoms with Crippen LogP contribution in [0.15, 0.2) is 24.3 Å². The summed E-state index contributed by atoms with van der Waals surface area (Å²) < 4.78 is 63.8. The van der Waals surface area contributed by atoms with Gasteiger partial charge in [0, 0.05) is 22.5 Å². The van der Waals surface area contributed by atoms with Crippen LogP contribution in [0.25, 0.3) is 0 Å². The van der Waals surface area contributed by atoms with Gasteiger partial charge in [0.25, 0.3) is 0 Å². The number of halogens is 4. The van der Waals surface area contributed by atoms with Crippen molar-refractivity contribution in [3.63, 3.8) is 0 Å². The molecule has 0 spiro atoms. The molecule has 0 bridgehead atoms. The second-order valence-electron chi connectivity index (χ2n) is 14.7. The van der Waals surface area contributed by atoms with Gasteiger partial charge in [0.2, 0.25) is 0 Å². The van der Waals surface area contributed by atoms with Gasteiger partial charge < -0.3 is 4.43 Å². The molecular formula is C33H47F4NOSi. The summed E-state index contributed by atoms with van der Waals surface area (Å²) in [5, 5.41) is 0.0132. The zero-order chi connectivity index (χ0) is 29.8. The third-order valence-corrected chi connectivity index (χ3v) is 14.0. The van der Waals surface area contributed by atoms with Gasteiger partial charge in [-0.2, -0.15) is 13.2 Å². The number of rotatable bonds is 6. The first-order valence-corrected chi connectivity index (χ1v) is 17.8. The predicted molar refractivity (Wildman–Crippen MR) is 157 cm³/mol. The highest BCUT2D eigenvalue weighted by Gasteiger charge is 2.46. The highest BCUT2D eigenvalue weighted by molar-refractivity contribution is 6.74. The second kappa shape index (κ2) is 10.8. The maximum atomic E-state index is 16.9. The molecule has 2 atom stereocenters. The molecule has 0 N–H and O–H groups in total. The van der Waals surface area contributed by atoms with Crippen LogP contribution in [0.3, 0.4) is 0 Å². The van der Waals surface area contributed by atoms with Gasteiger partial charge in [0.05, 0.1) is 11.7 Å². The van der Waals surface area contributed by atoms with E-state index in [1.165, 1.54) is 12.1 Å². The fourth-order valence-electron chi connectivity index (χ4n) is 6.33. The Morgan fingerprint density at radius 3 is 2.05 bits per heavy atom. The van der Waals surface area contributed by atoms with Gasteiger partial charge in [-0.05, 0) is 84.3 Å². The van der Waals surface area contributed by atoms with Gasteiger partial charge >= 0.3 is 6.18 Å². The van der Waals surface area contributed by atoms with E-state index in [0.29, 0.717) is 5.56 Å². The number of aromatic nitrogens is 1. The van der Waals surface area contributed by atoms with Crippen molar-refractivity contribution in [2.75, 3.05) is 0 Å². The van der Waals surface area contributed by atoms with Crippen molar-refractivity contribution >= 4 is 8.32 Å². The number of hydrogen-bond acceptors (Lipinski definition) is 2. The third-order valence-electron chi connectivity index (χ3n) is 9.47. The number of hydrogen-bond donors (Lipinski definition) is 0. The Hall–Kier alpha value is -1.73. The molecule has 1 aromatic carbocycles. The molecule has 0 amide bonds. The number of fused-ring (bicyclic) bond motifs is 1. The topological polar surface area (TPSA) is 22.1 Å². The quantitative estimate of drug-likeness (QED) is 0.252. The van der Waals surface area contributed by atoms with Crippen LogP contribution in [-0.2, 0) is 17.0 Å². The Morgan fingerprint density at radius 1 is 0.975 bits per heavy atom. The lowest BCUT2D eigenvalue weighted by molar-refractivity contribution is -0.137. The summed E-state index contributed by atoms with van der Waals surface area (Å²) in [7, 11) is -2.18. The molecule has 222 valence electrons. The largest absolute Gasteiger partial charge is 0.416 e. The Morgan fingerprint density at radius 2 is 1.55 bits per heavy atom. The van der Waals surface area contributed by atoms with Crippen LogP contribution in [0, 0.1) is 5.41 Å². The first kappa shape index (κ1) is 31.2. The third kappa shape index (κ3) is 6.20. The zero-order valence-corrected chi connectivity index (χ0v) is 26.7. The van der Waals surface area contributed by atoms with Crippen LogP contribution in [0.4, 0.5) is 17.6 Å². The summed E-state index contributed by atoms with van der Waals surface area (Å²) in [4.78, 5) is 5.20. The standard InChI is InChI=1S/C33H47F4NOSi/c1-20(2)30-28(29(34)22-14-16-23(17-15-22)33(35,36)37)26(21-12-10-11-13-21)27-24(38-30)18-32(6,7)19-25(27)39-40(8,9)31(3,4)5/h14-17,20-21,25,29H,10-13,18-19H2,1-9H3/t25-,29?/m0/s1. The fraction of sp³-hybridized carbons (Fsp3) is 0.667. The number of alkyl halides is 4. The van der Waals surface area contributed by atoms with Crippen LogP contribution in [0.1, 0.15) is 144 Å². The molecule has 4 rings (SSSR count). The van der Waals surface area contributed by atoms with E-state index in [1.54, 1.807) is 0 Å². The second-order valence-corrected chi connectivity index (χ2v) is 19.5. The Bertz CT molecular complexity index is 1200. The van der Waals surface area contributed by atoms with E-state index in [2.05, 4.69) is 47.7 Å². The van der Waals surface area contributed by atoms with Crippen molar-refractivity contribution in [3.8, 4) is 0 Å². The molecule has 1 heterocycles. The smallest absolute Gasteiger partial charge is 0.410 e. The van der Waals surface area contributed by atoms with Gasteiger partial charge in [-0.1, -0.05) is 73.4 Å². The molecular weight excluding hydrogens is 530 g/mol. The van der Waals surface area contributed by atoms with Gasteiger partial charge in [0.1, 0.15) is 0 Å². The monoisotopic (exact) mass is 577 g/mol.